The van der Waals surface area contributed by atoms with E-state index in [1.807, 2.05) is 0 Å². The molecule has 0 aliphatic heterocycles. The van der Waals surface area contributed by atoms with Gasteiger partial charge in [0.05, 0.1) is 17.3 Å². The highest BCUT2D eigenvalue weighted by molar-refractivity contribution is 7.10. The van der Waals surface area contributed by atoms with E-state index in [4.69, 9.17) is 0 Å². The molecule has 2 aromatic rings. The number of alkyl halides is 3. The zero-order chi connectivity index (χ0) is 14.9. The summed E-state index contributed by atoms with van der Waals surface area (Å²) in [6.07, 6.45) is -2.96. The Morgan fingerprint density at radius 1 is 1.45 bits per heavy atom. The van der Waals surface area contributed by atoms with Gasteiger partial charge in [-0.1, -0.05) is 0 Å². The van der Waals surface area contributed by atoms with Crippen molar-refractivity contribution in [2.24, 2.45) is 7.05 Å². The molecule has 2 aromatic heterocycles. The van der Waals surface area contributed by atoms with Crippen LogP contribution < -0.4 is 5.32 Å². The first-order valence-electron chi connectivity index (χ1n) is 5.74. The molecule has 0 aliphatic rings. The summed E-state index contributed by atoms with van der Waals surface area (Å²) >= 11 is 0.509. The SMILES string of the molecule is CC(NC(=O)c1ccsc1C(F)(F)F)c1ccnn1C. The van der Waals surface area contributed by atoms with E-state index < -0.39 is 23.0 Å². The molecule has 4 nitrogen and oxygen atoms in total. The number of nitrogens with one attached hydrogen (secondary N) is 1. The average Bonchev–Trinajstić information content (AvgIpc) is 2.95. The van der Waals surface area contributed by atoms with Gasteiger partial charge in [-0.15, -0.1) is 11.3 Å². The normalized spacial score (nSPS) is 13.2. The van der Waals surface area contributed by atoms with Crippen molar-refractivity contribution in [2.45, 2.75) is 19.1 Å². The molecular formula is C12H12F3N3OS. The number of amides is 1. The maximum absolute atomic E-state index is 12.7. The maximum Gasteiger partial charge on any atom is 0.426 e. The van der Waals surface area contributed by atoms with Crippen molar-refractivity contribution in [3.8, 4) is 0 Å². The third-order valence-electron chi connectivity index (χ3n) is 2.82. The second-order valence-corrected chi connectivity index (χ2v) is 5.15. The fraction of sp³-hybridized carbons (Fsp3) is 0.333. The Bertz CT molecular complexity index is 617. The molecule has 0 spiro atoms. The van der Waals surface area contributed by atoms with Crippen LogP contribution in [0.4, 0.5) is 13.2 Å². The van der Waals surface area contributed by atoms with Crippen LogP contribution in [-0.4, -0.2) is 15.7 Å². The zero-order valence-electron chi connectivity index (χ0n) is 10.7. The summed E-state index contributed by atoms with van der Waals surface area (Å²) in [7, 11) is 1.70. The number of nitrogens with zero attached hydrogens (tertiary/aromatic N) is 2. The van der Waals surface area contributed by atoms with Crippen LogP contribution >= 0.6 is 11.3 Å². The number of aryl methyl sites for hydroxylation is 1. The molecule has 108 valence electrons. The predicted molar refractivity (Wildman–Crippen MR) is 68.4 cm³/mol. The highest BCUT2D eigenvalue weighted by Crippen LogP contribution is 2.36. The van der Waals surface area contributed by atoms with E-state index in [9.17, 15) is 18.0 Å². The molecule has 1 atom stereocenters. The van der Waals surface area contributed by atoms with E-state index in [2.05, 4.69) is 10.4 Å². The largest absolute Gasteiger partial charge is 0.426 e. The zero-order valence-corrected chi connectivity index (χ0v) is 11.5. The molecule has 0 aliphatic carbocycles. The maximum atomic E-state index is 12.7. The smallest absolute Gasteiger partial charge is 0.344 e. The van der Waals surface area contributed by atoms with E-state index >= 15 is 0 Å². The van der Waals surface area contributed by atoms with Crippen LogP contribution in [0.3, 0.4) is 0 Å². The van der Waals surface area contributed by atoms with Crippen LogP contribution in [0.1, 0.15) is 33.9 Å². The average molecular weight is 303 g/mol. The van der Waals surface area contributed by atoms with Crippen molar-refractivity contribution in [2.75, 3.05) is 0 Å². The summed E-state index contributed by atoms with van der Waals surface area (Å²) in [5, 5.41) is 7.75. The van der Waals surface area contributed by atoms with E-state index in [0.29, 0.717) is 17.0 Å². The standard InChI is InChI=1S/C12H12F3N3OS/c1-7(9-3-5-16-18(9)2)17-11(19)8-4-6-20-10(8)12(13,14)15/h3-7H,1-2H3,(H,17,19). The second kappa shape index (κ2) is 5.28. The predicted octanol–water partition coefficient (Wildman–Crippen LogP) is 2.99. The molecule has 2 heterocycles. The Balaban J connectivity index is 2.18. The van der Waals surface area contributed by atoms with E-state index in [1.165, 1.54) is 11.4 Å². The van der Waals surface area contributed by atoms with Gasteiger partial charge in [0, 0.05) is 13.2 Å². The van der Waals surface area contributed by atoms with E-state index in [0.717, 1.165) is 0 Å². The Kier molecular flexibility index (Phi) is 3.85. The van der Waals surface area contributed by atoms with Gasteiger partial charge >= 0.3 is 6.18 Å². The summed E-state index contributed by atoms with van der Waals surface area (Å²) in [5.74, 6) is -0.743. The molecule has 0 aromatic carbocycles. The molecule has 1 N–H and O–H groups in total. The number of rotatable bonds is 3. The number of carbonyl (C=O) groups is 1. The fourth-order valence-electron chi connectivity index (χ4n) is 1.86. The number of carbonyl (C=O) groups excluding carboxylic acids is 1. The first kappa shape index (κ1) is 14.6. The third kappa shape index (κ3) is 2.84. The topological polar surface area (TPSA) is 46.9 Å². The lowest BCUT2D eigenvalue weighted by Gasteiger charge is -2.15. The number of thiophene rings is 1. The molecule has 2 rings (SSSR count). The molecule has 0 fully saturated rings. The van der Waals surface area contributed by atoms with Gasteiger partial charge < -0.3 is 5.32 Å². The fourth-order valence-corrected chi connectivity index (χ4v) is 2.63. The highest BCUT2D eigenvalue weighted by atomic mass is 32.1. The minimum absolute atomic E-state index is 0.350. The summed E-state index contributed by atoms with van der Waals surface area (Å²) in [4.78, 5) is 11.1. The van der Waals surface area contributed by atoms with Gasteiger partial charge in [-0.25, -0.2) is 0 Å². The molecule has 8 heteroatoms. The van der Waals surface area contributed by atoms with Crippen molar-refractivity contribution in [1.29, 1.82) is 0 Å². The molecule has 0 radical (unpaired) electrons. The number of aromatic nitrogens is 2. The quantitative estimate of drug-likeness (QED) is 0.947. The molecular weight excluding hydrogens is 291 g/mol. The number of halogens is 3. The highest BCUT2D eigenvalue weighted by Gasteiger charge is 2.37. The Morgan fingerprint density at radius 3 is 2.70 bits per heavy atom. The van der Waals surface area contributed by atoms with Crippen LogP contribution in [0.5, 0.6) is 0 Å². The van der Waals surface area contributed by atoms with Crippen molar-refractivity contribution in [1.82, 2.24) is 15.1 Å². The second-order valence-electron chi connectivity index (χ2n) is 4.24. The summed E-state index contributed by atoms with van der Waals surface area (Å²) < 4.78 is 39.8. The van der Waals surface area contributed by atoms with Gasteiger partial charge in [-0.3, -0.25) is 9.48 Å². The lowest BCUT2D eigenvalue weighted by Crippen LogP contribution is -2.29. The number of hydrogen-bond donors (Lipinski definition) is 1. The van der Waals surface area contributed by atoms with E-state index in [1.54, 1.807) is 30.9 Å². The Labute approximate surface area is 117 Å². The molecule has 0 saturated heterocycles. The molecule has 1 amide bonds. The first-order valence-corrected chi connectivity index (χ1v) is 6.62. The van der Waals surface area contributed by atoms with Gasteiger partial charge in [0.2, 0.25) is 0 Å². The Morgan fingerprint density at radius 2 is 2.15 bits per heavy atom. The summed E-state index contributed by atoms with van der Waals surface area (Å²) in [6, 6.07) is 2.44. The monoisotopic (exact) mass is 303 g/mol. The van der Waals surface area contributed by atoms with Gasteiger partial charge in [0.1, 0.15) is 4.88 Å². The van der Waals surface area contributed by atoms with Gasteiger partial charge in [-0.05, 0) is 24.4 Å². The van der Waals surface area contributed by atoms with Gasteiger partial charge in [0.25, 0.3) is 5.91 Å². The van der Waals surface area contributed by atoms with Crippen LogP contribution in [0.25, 0.3) is 0 Å². The van der Waals surface area contributed by atoms with Crippen molar-refractivity contribution < 1.29 is 18.0 Å². The Hall–Kier alpha value is -1.83. The summed E-state index contributed by atoms with van der Waals surface area (Å²) in [6.45, 7) is 1.69. The van der Waals surface area contributed by atoms with Gasteiger partial charge in [0.15, 0.2) is 0 Å². The van der Waals surface area contributed by atoms with Gasteiger partial charge in [-0.2, -0.15) is 18.3 Å². The molecule has 0 saturated carbocycles. The van der Waals surface area contributed by atoms with Crippen LogP contribution in [0.15, 0.2) is 23.7 Å². The molecule has 20 heavy (non-hydrogen) atoms. The lowest BCUT2D eigenvalue weighted by atomic mass is 10.2. The molecule has 0 bridgehead atoms. The number of hydrogen-bond acceptors (Lipinski definition) is 3. The van der Waals surface area contributed by atoms with Crippen molar-refractivity contribution in [3.05, 3.63) is 39.8 Å². The van der Waals surface area contributed by atoms with Crippen LogP contribution in [0, 0.1) is 0 Å². The first-order chi connectivity index (χ1) is 9.30. The van der Waals surface area contributed by atoms with E-state index in [-0.39, 0.29) is 5.56 Å². The minimum atomic E-state index is -4.52. The van der Waals surface area contributed by atoms with Crippen LogP contribution in [-0.2, 0) is 13.2 Å². The van der Waals surface area contributed by atoms with Crippen LogP contribution in [0.2, 0.25) is 0 Å². The lowest BCUT2D eigenvalue weighted by molar-refractivity contribution is -0.134. The van der Waals surface area contributed by atoms with Crippen molar-refractivity contribution in [3.63, 3.8) is 0 Å². The summed E-state index contributed by atoms with van der Waals surface area (Å²) in [5.41, 5.74) is 0.360. The molecule has 1 unspecified atom stereocenters. The van der Waals surface area contributed by atoms with Crippen molar-refractivity contribution >= 4 is 17.2 Å². The minimum Gasteiger partial charge on any atom is -0.344 e. The third-order valence-corrected chi connectivity index (χ3v) is 3.78.